The van der Waals surface area contributed by atoms with Crippen LogP contribution in [0.3, 0.4) is 0 Å². The van der Waals surface area contributed by atoms with Gasteiger partial charge in [-0.25, -0.2) is 0 Å². The summed E-state index contributed by atoms with van der Waals surface area (Å²) in [4.78, 5) is 19.6. The highest BCUT2D eigenvalue weighted by molar-refractivity contribution is 5.79. The second-order valence-electron chi connectivity index (χ2n) is 5.63. The Morgan fingerprint density at radius 3 is 2.76 bits per heavy atom. The van der Waals surface area contributed by atoms with Crippen molar-refractivity contribution in [3.8, 4) is 11.4 Å². The highest BCUT2D eigenvalue weighted by Crippen LogP contribution is 2.15. The van der Waals surface area contributed by atoms with Crippen molar-refractivity contribution in [1.29, 1.82) is 0 Å². The fourth-order valence-electron chi connectivity index (χ4n) is 2.29. The van der Waals surface area contributed by atoms with E-state index in [4.69, 9.17) is 4.52 Å². The molecule has 0 aliphatic rings. The smallest absolute Gasteiger partial charge is 0.249 e. The summed E-state index contributed by atoms with van der Waals surface area (Å²) >= 11 is 0. The lowest BCUT2D eigenvalue weighted by molar-refractivity contribution is -0.134. The molecule has 0 fully saturated rings. The highest BCUT2D eigenvalue weighted by atomic mass is 16.5. The molecular weight excluding hydrogens is 322 g/mol. The van der Waals surface area contributed by atoms with E-state index in [1.165, 1.54) is 9.70 Å². The van der Waals surface area contributed by atoms with Crippen molar-refractivity contribution in [3.05, 3.63) is 42.0 Å². The minimum Gasteiger partial charge on any atom is -0.337 e. The molecule has 0 N–H and O–H groups in total. The second kappa shape index (κ2) is 7.20. The van der Waals surface area contributed by atoms with Crippen molar-refractivity contribution in [2.45, 2.75) is 32.9 Å². The lowest BCUT2D eigenvalue weighted by Crippen LogP contribution is -2.33. The van der Waals surface area contributed by atoms with Gasteiger partial charge < -0.3 is 9.42 Å². The molecule has 2 aromatic heterocycles. The third-order valence-electron chi connectivity index (χ3n) is 3.74. The molecule has 3 aromatic rings. The van der Waals surface area contributed by atoms with Gasteiger partial charge in [0.25, 0.3) is 0 Å². The number of aryl methyl sites for hydroxylation is 1. The van der Waals surface area contributed by atoms with Crippen LogP contribution < -0.4 is 0 Å². The predicted octanol–water partition coefficient (Wildman–Crippen LogP) is 1.51. The van der Waals surface area contributed by atoms with Crippen LogP contribution in [-0.2, 0) is 17.8 Å². The van der Waals surface area contributed by atoms with Crippen molar-refractivity contribution >= 4 is 5.91 Å². The summed E-state index contributed by atoms with van der Waals surface area (Å²) in [5, 5.41) is 16.1. The summed E-state index contributed by atoms with van der Waals surface area (Å²) in [5.74, 6) is 1.33. The molecule has 3 rings (SSSR count). The van der Waals surface area contributed by atoms with Crippen LogP contribution in [0.4, 0.5) is 0 Å². The normalized spacial score (nSPS) is 12.1. The Labute approximate surface area is 144 Å². The van der Waals surface area contributed by atoms with E-state index in [0.29, 0.717) is 24.0 Å². The molecule has 0 saturated heterocycles. The molecule has 0 radical (unpaired) electrons. The number of amides is 1. The van der Waals surface area contributed by atoms with Gasteiger partial charge in [-0.1, -0.05) is 42.4 Å². The van der Waals surface area contributed by atoms with Crippen LogP contribution in [-0.4, -0.2) is 48.2 Å². The zero-order valence-corrected chi connectivity index (χ0v) is 14.3. The van der Waals surface area contributed by atoms with Crippen molar-refractivity contribution < 1.29 is 9.32 Å². The Morgan fingerprint density at radius 2 is 2.08 bits per heavy atom. The first-order valence-electron chi connectivity index (χ1n) is 8.00. The van der Waals surface area contributed by atoms with E-state index in [9.17, 15) is 4.79 Å². The molecule has 1 aromatic carbocycles. The Balaban J connectivity index is 1.68. The van der Waals surface area contributed by atoms with Crippen LogP contribution in [0.5, 0.6) is 0 Å². The number of carbonyl (C=O) groups excluding carboxylic acids is 1. The van der Waals surface area contributed by atoms with E-state index in [0.717, 1.165) is 5.56 Å². The maximum absolute atomic E-state index is 12.6. The summed E-state index contributed by atoms with van der Waals surface area (Å²) in [6.45, 7) is 3.89. The van der Waals surface area contributed by atoms with Gasteiger partial charge in [-0.15, -0.1) is 10.2 Å². The van der Waals surface area contributed by atoms with Gasteiger partial charge in [0.15, 0.2) is 5.82 Å². The number of nitrogens with zero attached hydrogens (tertiary/aromatic N) is 7. The summed E-state index contributed by atoms with van der Waals surface area (Å²) in [6, 6.07) is 8.89. The van der Waals surface area contributed by atoms with Gasteiger partial charge in [0, 0.05) is 19.0 Å². The lowest BCUT2D eigenvalue weighted by Gasteiger charge is -2.18. The maximum Gasteiger partial charge on any atom is 0.249 e. The number of benzene rings is 1. The Morgan fingerprint density at radius 1 is 1.32 bits per heavy atom. The van der Waals surface area contributed by atoms with Gasteiger partial charge in [-0.05, 0) is 12.1 Å². The zero-order chi connectivity index (χ0) is 17.8. The van der Waals surface area contributed by atoms with Crippen LogP contribution >= 0.6 is 0 Å². The number of carbonyl (C=O) groups is 1. The molecule has 0 aliphatic carbocycles. The first-order valence-corrected chi connectivity index (χ1v) is 8.00. The van der Waals surface area contributed by atoms with Gasteiger partial charge in [0.2, 0.25) is 17.6 Å². The number of hydrogen-bond acceptors (Lipinski definition) is 7. The van der Waals surface area contributed by atoms with E-state index in [-0.39, 0.29) is 12.5 Å². The van der Waals surface area contributed by atoms with Gasteiger partial charge in [-0.2, -0.15) is 9.78 Å². The Kier molecular flexibility index (Phi) is 4.82. The van der Waals surface area contributed by atoms with Crippen LogP contribution in [0.15, 0.2) is 34.9 Å². The summed E-state index contributed by atoms with van der Waals surface area (Å²) in [6.07, 6.45) is 0.683. The molecule has 130 valence electrons. The Hall–Kier alpha value is -3.10. The van der Waals surface area contributed by atoms with E-state index >= 15 is 0 Å². The van der Waals surface area contributed by atoms with Gasteiger partial charge in [-0.3, -0.25) is 4.79 Å². The fourth-order valence-corrected chi connectivity index (χ4v) is 2.29. The number of likely N-dealkylation sites (N-methyl/N-ethyl adjacent to an activating group) is 1. The number of hydrogen-bond donors (Lipinski definition) is 0. The fraction of sp³-hybridized carbons (Fsp3) is 0.375. The van der Waals surface area contributed by atoms with Crippen molar-refractivity contribution in [1.82, 2.24) is 35.2 Å². The minimum atomic E-state index is -0.594. The number of aromatic nitrogens is 6. The molecule has 0 bridgehead atoms. The molecule has 25 heavy (non-hydrogen) atoms. The maximum atomic E-state index is 12.6. The van der Waals surface area contributed by atoms with Crippen LogP contribution in [0, 0.1) is 0 Å². The van der Waals surface area contributed by atoms with Gasteiger partial charge in [0.05, 0.1) is 6.54 Å². The first-order chi connectivity index (χ1) is 12.1. The highest BCUT2D eigenvalue weighted by Gasteiger charge is 2.23. The topological polar surface area (TPSA) is 103 Å². The SMILES string of the molecule is CCc1noc(CN(C)C(=O)[C@@H](C)n2nnc(-c3ccccc3)n2)n1. The lowest BCUT2D eigenvalue weighted by atomic mass is 10.2. The molecule has 1 atom stereocenters. The average Bonchev–Trinajstić information content (AvgIpc) is 3.30. The molecule has 2 heterocycles. The van der Waals surface area contributed by atoms with Crippen molar-refractivity contribution in [2.75, 3.05) is 7.05 Å². The van der Waals surface area contributed by atoms with Gasteiger partial charge >= 0.3 is 0 Å². The quantitative estimate of drug-likeness (QED) is 0.669. The minimum absolute atomic E-state index is 0.173. The molecule has 9 heteroatoms. The molecule has 0 saturated carbocycles. The van der Waals surface area contributed by atoms with E-state index in [1.54, 1.807) is 14.0 Å². The first kappa shape index (κ1) is 16.7. The summed E-state index contributed by atoms with van der Waals surface area (Å²) in [7, 11) is 1.67. The predicted molar refractivity (Wildman–Crippen MR) is 88.1 cm³/mol. The molecule has 0 aliphatic heterocycles. The van der Waals surface area contributed by atoms with Crippen LogP contribution in [0.25, 0.3) is 11.4 Å². The van der Waals surface area contributed by atoms with Crippen LogP contribution in [0.1, 0.15) is 31.6 Å². The molecule has 9 nitrogen and oxygen atoms in total. The Bertz CT molecular complexity index is 843. The van der Waals surface area contributed by atoms with E-state index in [2.05, 4.69) is 25.6 Å². The average molecular weight is 341 g/mol. The van der Waals surface area contributed by atoms with E-state index in [1.807, 2.05) is 37.3 Å². The third kappa shape index (κ3) is 3.70. The summed E-state index contributed by atoms with van der Waals surface area (Å²) < 4.78 is 5.12. The zero-order valence-electron chi connectivity index (χ0n) is 14.3. The standard InChI is InChI=1S/C16H19N7O2/c1-4-13-17-14(25-20-13)10-22(3)16(24)11(2)23-19-15(18-21-23)12-8-6-5-7-9-12/h5-9,11H,4,10H2,1-3H3/t11-/m1/s1. The van der Waals surface area contributed by atoms with Crippen molar-refractivity contribution in [3.63, 3.8) is 0 Å². The van der Waals surface area contributed by atoms with Crippen LogP contribution in [0.2, 0.25) is 0 Å². The largest absolute Gasteiger partial charge is 0.337 e. The van der Waals surface area contributed by atoms with E-state index < -0.39 is 6.04 Å². The second-order valence-corrected chi connectivity index (χ2v) is 5.63. The van der Waals surface area contributed by atoms with Crippen molar-refractivity contribution in [2.24, 2.45) is 0 Å². The number of tetrazole rings is 1. The molecule has 0 unspecified atom stereocenters. The summed E-state index contributed by atoms with van der Waals surface area (Å²) in [5.41, 5.74) is 0.847. The van der Waals surface area contributed by atoms with Gasteiger partial charge in [0.1, 0.15) is 6.04 Å². The third-order valence-corrected chi connectivity index (χ3v) is 3.74. The molecule has 1 amide bonds. The molecule has 0 spiro atoms. The monoisotopic (exact) mass is 341 g/mol. The molecular formula is C16H19N7O2. The number of rotatable bonds is 6.